The Morgan fingerprint density at radius 1 is 1.29 bits per heavy atom. The maximum atomic E-state index is 12.7. The predicted octanol–water partition coefficient (Wildman–Crippen LogP) is 2.28. The van der Waals surface area contributed by atoms with Crippen molar-refractivity contribution in [2.45, 2.75) is 26.8 Å². The van der Waals surface area contributed by atoms with Crippen LogP contribution < -0.4 is 5.73 Å². The molecule has 0 aliphatic rings. The average molecular weight is 292 g/mol. The molecule has 0 heterocycles. The number of rotatable bonds is 9. The lowest BCUT2D eigenvalue weighted by Gasteiger charge is -2.27. The minimum atomic E-state index is -0.106. The van der Waals surface area contributed by atoms with Crippen molar-refractivity contribution < 1.29 is 9.53 Å². The van der Waals surface area contributed by atoms with Crippen molar-refractivity contribution >= 4 is 5.91 Å². The summed E-state index contributed by atoms with van der Waals surface area (Å²) >= 11 is 0. The SMILES string of the molecule is COCCN(Cc1ccccc1)C(=O)C(CN)CC(C)C. The van der Waals surface area contributed by atoms with E-state index >= 15 is 0 Å². The molecule has 0 saturated carbocycles. The smallest absolute Gasteiger partial charge is 0.227 e. The van der Waals surface area contributed by atoms with E-state index in [0.717, 1.165) is 12.0 Å². The van der Waals surface area contributed by atoms with Crippen LogP contribution in [0.2, 0.25) is 0 Å². The van der Waals surface area contributed by atoms with Gasteiger partial charge in [0.05, 0.1) is 12.5 Å². The third-order valence-corrected chi connectivity index (χ3v) is 3.48. The first-order valence-electron chi connectivity index (χ1n) is 7.60. The molecule has 0 aliphatic heterocycles. The van der Waals surface area contributed by atoms with E-state index in [1.165, 1.54) is 0 Å². The highest BCUT2D eigenvalue weighted by Gasteiger charge is 2.24. The van der Waals surface area contributed by atoms with Gasteiger partial charge in [-0.1, -0.05) is 44.2 Å². The third-order valence-electron chi connectivity index (χ3n) is 3.48. The molecule has 0 radical (unpaired) electrons. The van der Waals surface area contributed by atoms with E-state index < -0.39 is 0 Å². The second kappa shape index (κ2) is 9.53. The summed E-state index contributed by atoms with van der Waals surface area (Å²) in [4.78, 5) is 14.6. The fraction of sp³-hybridized carbons (Fsp3) is 0.588. The Morgan fingerprint density at radius 3 is 2.48 bits per heavy atom. The minimum Gasteiger partial charge on any atom is -0.383 e. The number of benzene rings is 1. The number of amides is 1. The molecule has 4 heteroatoms. The van der Waals surface area contributed by atoms with Crippen LogP contribution in [0.1, 0.15) is 25.8 Å². The molecule has 0 saturated heterocycles. The Hall–Kier alpha value is -1.39. The van der Waals surface area contributed by atoms with E-state index in [-0.39, 0.29) is 11.8 Å². The van der Waals surface area contributed by atoms with Crippen LogP contribution in [0.3, 0.4) is 0 Å². The van der Waals surface area contributed by atoms with Crippen LogP contribution in [0.15, 0.2) is 30.3 Å². The highest BCUT2D eigenvalue weighted by Crippen LogP contribution is 2.15. The summed E-state index contributed by atoms with van der Waals surface area (Å²) in [6.45, 7) is 6.38. The van der Waals surface area contributed by atoms with Gasteiger partial charge in [0, 0.05) is 26.7 Å². The van der Waals surface area contributed by atoms with Crippen LogP contribution >= 0.6 is 0 Å². The summed E-state index contributed by atoms with van der Waals surface area (Å²) < 4.78 is 5.13. The zero-order valence-corrected chi connectivity index (χ0v) is 13.4. The maximum Gasteiger partial charge on any atom is 0.227 e. The summed E-state index contributed by atoms with van der Waals surface area (Å²) in [5.41, 5.74) is 6.93. The van der Waals surface area contributed by atoms with Crippen molar-refractivity contribution in [1.82, 2.24) is 4.90 Å². The van der Waals surface area contributed by atoms with Crippen LogP contribution in [0.25, 0.3) is 0 Å². The quantitative estimate of drug-likeness (QED) is 0.759. The lowest BCUT2D eigenvalue weighted by molar-refractivity contribution is -0.137. The van der Waals surface area contributed by atoms with Gasteiger partial charge in [-0.2, -0.15) is 0 Å². The minimum absolute atomic E-state index is 0.106. The topological polar surface area (TPSA) is 55.6 Å². The molecule has 1 aromatic carbocycles. The molecule has 4 nitrogen and oxygen atoms in total. The number of hydrogen-bond donors (Lipinski definition) is 1. The molecular weight excluding hydrogens is 264 g/mol. The second-order valence-electron chi connectivity index (χ2n) is 5.80. The fourth-order valence-corrected chi connectivity index (χ4v) is 2.40. The summed E-state index contributed by atoms with van der Waals surface area (Å²) in [7, 11) is 1.65. The fourth-order valence-electron chi connectivity index (χ4n) is 2.40. The molecule has 0 spiro atoms. The molecule has 1 rings (SSSR count). The Bertz CT molecular complexity index is 407. The molecule has 1 atom stereocenters. The van der Waals surface area contributed by atoms with Crippen LogP contribution in [0, 0.1) is 11.8 Å². The number of carbonyl (C=O) groups is 1. The van der Waals surface area contributed by atoms with Gasteiger partial charge in [-0.25, -0.2) is 0 Å². The number of hydrogen-bond acceptors (Lipinski definition) is 3. The Kier molecular flexibility index (Phi) is 8.01. The van der Waals surface area contributed by atoms with Gasteiger partial charge in [0.2, 0.25) is 5.91 Å². The summed E-state index contributed by atoms with van der Waals surface area (Å²) in [5, 5.41) is 0. The third kappa shape index (κ3) is 6.27. The molecular formula is C17H28N2O2. The molecule has 1 aromatic rings. The van der Waals surface area contributed by atoms with Gasteiger partial charge < -0.3 is 15.4 Å². The van der Waals surface area contributed by atoms with Crippen molar-refractivity contribution in [1.29, 1.82) is 0 Å². The number of ether oxygens (including phenoxy) is 1. The van der Waals surface area contributed by atoms with Crippen molar-refractivity contribution in [3.8, 4) is 0 Å². The molecule has 1 amide bonds. The van der Waals surface area contributed by atoms with Gasteiger partial charge in [0.25, 0.3) is 0 Å². The van der Waals surface area contributed by atoms with Crippen LogP contribution in [0.5, 0.6) is 0 Å². The first-order chi connectivity index (χ1) is 10.1. The van der Waals surface area contributed by atoms with Crippen molar-refractivity contribution in [3.05, 3.63) is 35.9 Å². The van der Waals surface area contributed by atoms with E-state index in [1.807, 2.05) is 35.2 Å². The van der Waals surface area contributed by atoms with E-state index in [4.69, 9.17) is 10.5 Å². The molecule has 0 bridgehead atoms. The predicted molar refractivity (Wildman–Crippen MR) is 85.7 cm³/mol. The van der Waals surface area contributed by atoms with E-state index in [1.54, 1.807) is 7.11 Å². The van der Waals surface area contributed by atoms with Gasteiger partial charge in [-0.15, -0.1) is 0 Å². The zero-order valence-electron chi connectivity index (χ0n) is 13.4. The molecule has 2 N–H and O–H groups in total. The first kappa shape index (κ1) is 17.7. The molecule has 1 unspecified atom stereocenters. The summed E-state index contributed by atoms with van der Waals surface area (Å²) in [6, 6.07) is 10.0. The Balaban J connectivity index is 2.77. The van der Waals surface area contributed by atoms with Gasteiger partial charge in [-0.3, -0.25) is 4.79 Å². The van der Waals surface area contributed by atoms with Crippen LogP contribution in [-0.4, -0.2) is 37.6 Å². The van der Waals surface area contributed by atoms with Crippen molar-refractivity contribution in [3.63, 3.8) is 0 Å². The second-order valence-corrected chi connectivity index (χ2v) is 5.80. The average Bonchev–Trinajstić information content (AvgIpc) is 2.49. The lowest BCUT2D eigenvalue weighted by atomic mass is 9.95. The van der Waals surface area contributed by atoms with E-state index in [9.17, 15) is 4.79 Å². The van der Waals surface area contributed by atoms with Gasteiger partial charge in [-0.05, 0) is 17.9 Å². The maximum absolute atomic E-state index is 12.7. The Morgan fingerprint density at radius 2 is 1.95 bits per heavy atom. The summed E-state index contributed by atoms with van der Waals surface area (Å²) in [6.07, 6.45) is 0.827. The largest absolute Gasteiger partial charge is 0.383 e. The Labute approximate surface area is 128 Å². The monoisotopic (exact) mass is 292 g/mol. The molecule has 0 aliphatic carbocycles. The molecule has 21 heavy (non-hydrogen) atoms. The summed E-state index contributed by atoms with van der Waals surface area (Å²) in [5.74, 6) is 0.487. The number of nitrogens with two attached hydrogens (primary N) is 1. The van der Waals surface area contributed by atoms with Crippen LogP contribution in [0.4, 0.5) is 0 Å². The zero-order chi connectivity index (χ0) is 15.7. The highest BCUT2D eigenvalue weighted by atomic mass is 16.5. The molecule has 0 aromatic heterocycles. The number of nitrogens with zero attached hydrogens (tertiary/aromatic N) is 1. The van der Waals surface area contributed by atoms with Gasteiger partial charge in [0.1, 0.15) is 0 Å². The van der Waals surface area contributed by atoms with Crippen molar-refractivity contribution in [2.24, 2.45) is 17.6 Å². The highest BCUT2D eigenvalue weighted by molar-refractivity contribution is 5.79. The number of carbonyl (C=O) groups excluding carboxylic acids is 1. The van der Waals surface area contributed by atoms with Gasteiger partial charge >= 0.3 is 0 Å². The van der Waals surface area contributed by atoms with Gasteiger partial charge in [0.15, 0.2) is 0 Å². The normalized spacial score (nSPS) is 12.4. The lowest BCUT2D eigenvalue weighted by Crippen LogP contribution is -2.41. The standard InChI is InChI=1S/C17H28N2O2/c1-14(2)11-16(12-18)17(20)19(9-10-21-3)13-15-7-5-4-6-8-15/h4-8,14,16H,9-13,18H2,1-3H3. The number of methoxy groups -OCH3 is 1. The van der Waals surface area contributed by atoms with E-state index in [0.29, 0.717) is 32.2 Å². The van der Waals surface area contributed by atoms with Crippen LogP contribution in [-0.2, 0) is 16.1 Å². The molecule has 0 fully saturated rings. The first-order valence-corrected chi connectivity index (χ1v) is 7.60. The van der Waals surface area contributed by atoms with Crippen molar-refractivity contribution in [2.75, 3.05) is 26.8 Å². The van der Waals surface area contributed by atoms with E-state index in [2.05, 4.69) is 13.8 Å². The molecule has 118 valence electrons.